The molecule has 1 aromatic heterocycles. The van der Waals surface area contributed by atoms with Gasteiger partial charge in [0.25, 0.3) is 0 Å². The number of aromatic nitrogens is 3. The maximum absolute atomic E-state index is 13.5. The summed E-state index contributed by atoms with van der Waals surface area (Å²) in [5.74, 6) is -0.680. The molecule has 0 unspecified atom stereocenters. The summed E-state index contributed by atoms with van der Waals surface area (Å²) in [6.45, 7) is 3.89. The van der Waals surface area contributed by atoms with Gasteiger partial charge in [0, 0.05) is 6.42 Å². The maximum atomic E-state index is 13.5. The Bertz CT molecular complexity index is 658. The van der Waals surface area contributed by atoms with E-state index in [1.54, 1.807) is 10.6 Å². The first kappa shape index (κ1) is 15.5. The average molecular weight is 309 g/mol. The van der Waals surface area contributed by atoms with Crippen LogP contribution in [0.15, 0.2) is 23.4 Å². The fourth-order valence-electron chi connectivity index (χ4n) is 1.97. The quantitative estimate of drug-likeness (QED) is 0.831. The predicted molar refractivity (Wildman–Crippen MR) is 78.4 cm³/mol. The van der Waals surface area contributed by atoms with Gasteiger partial charge in [-0.05, 0) is 31.0 Å². The van der Waals surface area contributed by atoms with E-state index in [9.17, 15) is 9.18 Å². The number of aryl methyl sites for hydroxylation is 2. The van der Waals surface area contributed by atoms with Gasteiger partial charge in [-0.3, -0.25) is 9.36 Å². The van der Waals surface area contributed by atoms with Gasteiger partial charge in [-0.2, -0.15) is 0 Å². The molecule has 2 rings (SSSR count). The maximum Gasteiger partial charge on any atom is 0.313 e. The molecule has 0 aliphatic heterocycles. The fraction of sp³-hybridized carbons (Fsp3) is 0.357. The van der Waals surface area contributed by atoms with Crippen LogP contribution < -0.4 is 0 Å². The molecule has 0 fully saturated rings. The van der Waals surface area contributed by atoms with Crippen LogP contribution in [0.2, 0.25) is 0 Å². The zero-order valence-electron chi connectivity index (χ0n) is 11.8. The Morgan fingerprint density at radius 3 is 2.86 bits per heavy atom. The molecule has 1 heterocycles. The number of nitrogens with zero attached hydrogens (tertiary/aromatic N) is 3. The third-order valence-corrected chi connectivity index (χ3v) is 3.82. The van der Waals surface area contributed by atoms with Crippen molar-refractivity contribution in [2.45, 2.75) is 31.8 Å². The van der Waals surface area contributed by atoms with Gasteiger partial charge >= 0.3 is 5.97 Å². The van der Waals surface area contributed by atoms with Crippen molar-refractivity contribution in [2.75, 3.05) is 5.75 Å². The minimum Gasteiger partial charge on any atom is -0.481 e. The number of hydrogen-bond acceptors (Lipinski definition) is 4. The molecule has 21 heavy (non-hydrogen) atoms. The number of carboxylic acid groups (broad SMARTS) is 1. The Kier molecular flexibility index (Phi) is 4.95. The van der Waals surface area contributed by atoms with Crippen molar-refractivity contribution >= 4 is 17.7 Å². The number of carboxylic acids is 1. The lowest BCUT2D eigenvalue weighted by atomic mass is 10.2. The van der Waals surface area contributed by atoms with Crippen molar-refractivity contribution in [1.29, 1.82) is 0 Å². The van der Waals surface area contributed by atoms with E-state index in [0.717, 1.165) is 23.7 Å². The first-order valence-corrected chi connectivity index (χ1v) is 7.57. The SMILES string of the molecule is CCCc1nnc(SCC(=O)O)n1-c1cc(F)ccc1C. The molecular formula is C14H16FN3O2S. The molecule has 0 saturated heterocycles. The van der Waals surface area contributed by atoms with Crippen LogP contribution in [0.4, 0.5) is 4.39 Å². The zero-order chi connectivity index (χ0) is 15.4. The summed E-state index contributed by atoms with van der Waals surface area (Å²) >= 11 is 1.08. The van der Waals surface area contributed by atoms with Gasteiger partial charge in [-0.25, -0.2) is 4.39 Å². The van der Waals surface area contributed by atoms with Crippen molar-refractivity contribution in [3.63, 3.8) is 0 Å². The molecule has 0 aliphatic rings. The number of rotatable bonds is 6. The normalized spacial score (nSPS) is 10.8. The predicted octanol–water partition coefficient (Wildman–Crippen LogP) is 2.84. The van der Waals surface area contributed by atoms with Crippen molar-refractivity contribution in [2.24, 2.45) is 0 Å². The molecule has 0 radical (unpaired) electrons. The lowest BCUT2D eigenvalue weighted by Crippen LogP contribution is -2.06. The number of aliphatic carboxylic acids is 1. The van der Waals surface area contributed by atoms with Gasteiger partial charge in [0.1, 0.15) is 11.6 Å². The Balaban J connectivity index is 2.49. The van der Waals surface area contributed by atoms with Gasteiger partial charge < -0.3 is 5.11 Å². The first-order valence-electron chi connectivity index (χ1n) is 6.58. The highest BCUT2D eigenvalue weighted by Crippen LogP contribution is 2.25. The summed E-state index contributed by atoms with van der Waals surface area (Å²) in [5, 5.41) is 17.4. The van der Waals surface area contributed by atoms with E-state index in [0.29, 0.717) is 23.1 Å². The van der Waals surface area contributed by atoms with Crippen LogP contribution in [0, 0.1) is 12.7 Å². The van der Waals surface area contributed by atoms with Gasteiger partial charge in [-0.1, -0.05) is 24.8 Å². The Hall–Kier alpha value is -1.89. The molecule has 0 bridgehead atoms. The Labute approximate surface area is 126 Å². The summed E-state index contributed by atoms with van der Waals surface area (Å²) in [7, 11) is 0. The van der Waals surface area contributed by atoms with Crippen molar-refractivity contribution in [3.8, 4) is 5.69 Å². The lowest BCUT2D eigenvalue weighted by molar-refractivity contribution is -0.133. The van der Waals surface area contributed by atoms with E-state index in [4.69, 9.17) is 5.11 Å². The van der Waals surface area contributed by atoms with Crippen molar-refractivity contribution in [1.82, 2.24) is 14.8 Å². The Morgan fingerprint density at radius 2 is 2.19 bits per heavy atom. The summed E-state index contributed by atoms with van der Waals surface area (Å²) in [4.78, 5) is 10.7. The fourth-order valence-corrected chi connectivity index (χ4v) is 2.65. The van der Waals surface area contributed by atoms with E-state index in [1.807, 2.05) is 13.8 Å². The molecule has 7 heteroatoms. The van der Waals surface area contributed by atoms with Crippen LogP contribution in [-0.4, -0.2) is 31.6 Å². The summed E-state index contributed by atoms with van der Waals surface area (Å²) < 4.78 is 15.3. The minimum absolute atomic E-state index is 0.112. The number of thioether (sulfide) groups is 1. The highest BCUT2D eigenvalue weighted by Gasteiger charge is 2.17. The van der Waals surface area contributed by atoms with Gasteiger partial charge in [0.05, 0.1) is 11.4 Å². The zero-order valence-corrected chi connectivity index (χ0v) is 12.7. The average Bonchev–Trinajstić information content (AvgIpc) is 2.82. The van der Waals surface area contributed by atoms with Crippen LogP contribution in [-0.2, 0) is 11.2 Å². The molecule has 1 aromatic carbocycles. The van der Waals surface area contributed by atoms with Gasteiger partial charge in [-0.15, -0.1) is 10.2 Å². The number of carbonyl (C=O) groups is 1. The monoisotopic (exact) mass is 309 g/mol. The third kappa shape index (κ3) is 3.60. The molecule has 0 aliphatic carbocycles. The lowest BCUT2D eigenvalue weighted by Gasteiger charge is -2.12. The molecule has 1 N–H and O–H groups in total. The van der Waals surface area contributed by atoms with Crippen LogP contribution in [0.1, 0.15) is 24.7 Å². The first-order chi connectivity index (χ1) is 10.0. The molecule has 0 amide bonds. The van der Waals surface area contributed by atoms with E-state index in [1.165, 1.54) is 12.1 Å². The second-order valence-corrected chi connectivity index (χ2v) is 5.54. The van der Waals surface area contributed by atoms with Crippen LogP contribution in [0.5, 0.6) is 0 Å². The molecule has 112 valence electrons. The molecule has 5 nitrogen and oxygen atoms in total. The van der Waals surface area contributed by atoms with Gasteiger partial charge in [0.2, 0.25) is 0 Å². The van der Waals surface area contributed by atoms with Crippen molar-refractivity contribution in [3.05, 3.63) is 35.4 Å². The van der Waals surface area contributed by atoms with E-state index in [2.05, 4.69) is 10.2 Å². The molecule has 0 atom stereocenters. The number of benzene rings is 1. The van der Waals surface area contributed by atoms with Gasteiger partial charge in [0.15, 0.2) is 5.16 Å². The van der Waals surface area contributed by atoms with Crippen molar-refractivity contribution < 1.29 is 14.3 Å². The van der Waals surface area contributed by atoms with Crippen LogP contribution in [0.3, 0.4) is 0 Å². The summed E-state index contributed by atoms with van der Waals surface area (Å²) in [6, 6.07) is 4.50. The minimum atomic E-state index is -0.928. The molecule has 2 aromatic rings. The smallest absolute Gasteiger partial charge is 0.313 e. The summed E-state index contributed by atoms with van der Waals surface area (Å²) in [6.07, 6.45) is 1.56. The largest absolute Gasteiger partial charge is 0.481 e. The van der Waals surface area contributed by atoms with E-state index in [-0.39, 0.29) is 11.6 Å². The molecule has 0 saturated carbocycles. The number of hydrogen-bond donors (Lipinski definition) is 1. The second kappa shape index (κ2) is 6.71. The topological polar surface area (TPSA) is 68.0 Å². The highest BCUT2D eigenvalue weighted by atomic mass is 32.2. The second-order valence-electron chi connectivity index (χ2n) is 4.60. The van der Waals surface area contributed by atoms with E-state index < -0.39 is 5.97 Å². The van der Waals surface area contributed by atoms with Crippen LogP contribution >= 0.6 is 11.8 Å². The summed E-state index contributed by atoms with van der Waals surface area (Å²) in [5.41, 5.74) is 1.53. The third-order valence-electron chi connectivity index (χ3n) is 2.91. The molecular weight excluding hydrogens is 293 g/mol. The van der Waals surface area contributed by atoms with E-state index >= 15 is 0 Å². The number of halogens is 1. The standard InChI is InChI=1S/C14H16FN3O2S/c1-3-4-12-16-17-14(21-8-13(19)20)18(12)11-7-10(15)6-5-9(11)2/h5-7H,3-4,8H2,1-2H3,(H,19,20). The Morgan fingerprint density at radius 1 is 1.43 bits per heavy atom. The highest BCUT2D eigenvalue weighted by molar-refractivity contribution is 7.99. The van der Waals surface area contributed by atoms with Crippen LogP contribution in [0.25, 0.3) is 5.69 Å². The molecule has 0 spiro atoms.